The molecular weight excluding hydrogens is 323 g/mol. The first kappa shape index (κ1) is 15.1. The number of aromatic carboxylic acids is 1. The lowest BCUT2D eigenvalue weighted by Crippen LogP contribution is -2.05. The monoisotopic (exact) mass is 336 g/mol. The van der Waals surface area contributed by atoms with Gasteiger partial charge in [-0.15, -0.1) is 0 Å². The van der Waals surface area contributed by atoms with Crippen LogP contribution >= 0.6 is 0 Å². The second-order valence-electron chi connectivity index (χ2n) is 5.76. The van der Waals surface area contributed by atoms with Gasteiger partial charge in [-0.2, -0.15) is 0 Å². The molecule has 0 fully saturated rings. The molecule has 3 N–H and O–H groups in total. The van der Waals surface area contributed by atoms with E-state index >= 15 is 0 Å². The zero-order chi connectivity index (χ0) is 17.6. The van der Waals surface area contributed by atoms with Crippen LogP contribution in [0.25, 0.3) is 21.8 Å². The second kappa shape index (κ2) is 5.59. The molecule has 0 amide bonds. The van der Waals surface area contributed by atoms with Crippen molar-refractivity contribution >= 4 is 27.8 Å². The molecule has 0 aliphatic rings. The highest BCUT2D eigenvalue weighted by Gasteiger charge is 2.22. The summed E-state index contributed by atoms with van der Waals surface area (Å²) in [7, 11) is 0. The molecule has 2 aromatic heterocycles. The molecule has 0 saturated heterocycles. The van der Waals surface area contributed by atoms with Gasteiger partial charge in [0.1, 0.15) is 16.9 Å². The first-order valence-corrected chi connectivity index (χ1v) is 7.64. The average Bonchev–Trinajstić information content (AvgIpc) is 2.99. The lowest BCUT2D eigenvalue weighted by molar-refractivity contribution is 0.0695. The molecule has 2 heterocycles. The number of hydrogen-bond donors (Lipinski definition) is 3. The summed E-state index contributed by atoms with van der Waals surface area (Å²) in [5.74, 6) is -2.38. The van der Waals surface area contributed by atoms with E-state index in [9.17, 15) is 19.4 Å². The van der Waals surface area contributed by atoms with E-state index in [1.807, 2.05) is 24.3 Å². The normalized spacial score (nSPS) is 11.2. The Morgan fingerprint density at radius 3 is 2.68 bits per heavy atom. The number of nitrogens with one attached hydrogen (secondary N) is 1. The first-order valence-electron chi connectivity index (χ1n) is 7.64. The zero-order valence-electron chi connectivity index (χ0n) is 13.0. The molecule has 4 rings (SSSR count). The predicted octanol–water partition coefficient (Wildman–Crippen LogP) is 3.85. The maximum absolute atomic E-state index is 14.1. The van der Waals surface area contributed by atoms with Gasteiger partial charge in [0.15, 0.2) is 5.75 Å². The predicted molar refractivity (Wildman–Crippen MR) is 91.4 cm³/mol. The zero-order valence-corrected chi connectivity index (χ0v) is 13.0. The highest BCUT2D eigenvalue weighted by atomic mass is 19.1. The number of H-pyrrole nitrogens is 1. The molecule has 25 heavy (non-hydrogen) atoms. The third-order valence-electron chi connectivity index (χ3n) is 4.26. The molecule has 4 aromatic rings. The van der Waals surface area contributed by atoms with Crippen LogP contribution in [0.2, 0.25) is 0 Å². The van der Waals surface area contributed by atoms with Crippen LogP contribution in [-0.4, -0.2) is 26.2 Å². The Morgan fingerprint density at radius 1 is 1.12 bits per heavy atom. The highest BCUT2D eigenvalue weighted by molar-refractivity contribution is 6.05. The summed E-state index contributed by atoms with van der Waals surface area (Å²) in [5, 5.41) is 20.9. The van der Waals surface area contributed by atoms with Crippen LogP contribution < -0.4 is 0 Å². The fourth-order valence-corrected chi connectivity index (χ4v) is 3.09. The van der Waals surface area contributed by atoms with Gasteiger partial charge in [0.25, 0.3) is 0 Å². The smallest absolute Gasteiger partial charge is 0.340 e. The van der Waals surface area contributed by atoms with Crippen LogP contribution in [0.3, 0.4) is 0 Å². The third kappa shape index (κ3) is 2.39. The molecule has 5 nitrogen and oxygen atoms in total. The Hall–Kier alpha value is -3.41. The third-order valence-corrected chi connectivity index (χ3v) is 4.26. The van der Waals surface area contributed by atoms with Crippen LogP contribution in [-0.2, 0) is 6.42 Å². The number of aromatic hydroxyl groups is 1. The maximum Gasteiger partial charge on any atom is 0.340 e. The van der Waals surface area contributed by atoms with E-state index in [-0.39, 0.29) is 28.6 Å². The van der Waals surface area contributed by atoms with E-state index < -0.39 is 17.5 Å². The van der Waals surface area contributed by atoms with Gasteiger partial charge in [0.2, 0.25) is 0 Å². The second-order valence-corrected chi connectivity index (χ2v) is 5.76. The van der Waals surface area contributed by atoms with E-state index in [0.717, 1.165) is 16.5 Å². The van der Waals surface area contributed by atoms with E-state index in [0.29, 0.717) is 0 Å². The lowest BCUT2D eigenvalue weighted by Gasteiger charge is -2.10. The van der Waals surface area contributed by atoms with Gasteiger partial charge in [0.05, 0.1) is 5.69 Å². The number of hydrogen-bond acceptors (Lipinski definition) is 3. The quantitative estimate of drug-likeness (QED) is 0.530. The number of carbonyl (C=O) groups is 1. The largest absolute Gasteiger partial charge is 0.505 e. The van der Waals surface area contributed by atoms with Crippen molar-refractivity contribution in [3.05, 3.63) is 71.3 Å². The molecule has 0 saturated carbocycles. The van der Waals surface area contributed by atoms with Gasteiger partial charge in [-0.1, -0.05) is 30.3 Å². The van der Waals surface area contributed by atoms with Crippen LogP contribution in [0.15, 0.2) is 48.7 Å². The molecular formula is C19H13FN2O3. The molecule has 0 aliphatic carbocycles. The fraction of sp³-hybridized carbons (Fsp3) is 0.0526. The first-order chi connectivity index (χ1) is 12.1. The minimum absolute atomic E-state index is 0.0625. The van der Waals surface area contributed by atoms with Crippen LogP contribution in [0.1, 0.15) is 21.6 Å². The number of aromatic nitrogens is 2. The van der Waals surface area contributed by atoms with Gasteiger partial charge >= 0.3 is 5.97 Å². The maximum atomic E-state index is 14.1. The molecule has 0 radical (unpaired) electrons. The van der Waals surface area contributed by atoms with Crippen molar-refractivity contribution in [1.82, 2.24) is 9.97 Å². The molecule has 0 atom stereocenters. The Kier molecular flexibility index (Phi) is 3.39. The number of para-hydroxylation sites is 2. The Morgan fingerprint density at radius 2 is 1.88 bits per heavy atom. The summed E-state index contributed by atoms with van der Waals surface area (Å²) in [5.41, 5.74) is 1.49. The summed E-state index contributed by atoms with van der Waals surface area (Å²) in [6.07, 6.45) is 1.96. The van der Waals surface area contributed by atoms with Crippen molar-refractivity contribution in [2.75, 3.05) is 0 Å². The van der Waals surface area contributed by atoms with Gasteiger partial charge in [-0.3, -0.25) is 0 Å². The molecule has 0 bridgehead atoms. The highest BCUT2D eigenvalue weighted by Crippen LogP contribution is 2.32. The number of carboxylic acid groups (broad SMARTS) is 1. The van der Waals surface area contributed by atoms with Crippen molar-refractivity contribution in [2.45, 2.75) is 6.42 Å². The van der Waals surface area contributed by atoms with Crippen molar-refractivity contribution in [1.29, 1.82) is 0 Å². The molecule has 0 aliphatic heterocycles. The van der Waals surface area contributed by atoms with Gasteiger partial charge in [0, 0.05) is 28.9 Å². The van der Waals surface area contributed by atoms with Crippen molar-refractivity contribution < 1.29 is 19.4 Å². The van der Waals surface area contributed by atoms with Crippen LogP contribution in [0.4, 0.5) is 4.39 Å². The molecule has 0 unspecified atom stereocenters. The summed E-state index contributed by atoms with van der Waals surface area (Å²) in [4.78, 5) is 18.9. The van der Waals surface area contributed by atoms with Crippen molar-refractivity contribution in [2.24, 2.45) is 0 Å². The van der Waals surface area contributed by atoms with Gasteiger partial charge in [-0.05, 0) is 17.7 Å². The molecule has 6 heteroatoms. The summed E-state index contributed by atoms with van der Waals surface area (Å²) < 4.78 is 14.1. The lowest BCUT2D eigenvalue weighted by atomic mass is 10.0. The minimum atomic E-state index is -1.32. The topological polar surface area (TPSA) is 86.2 Å². The number of rotatable bonds is 3. The van der Waals surface area contributed by atoms with Gasteiger partial charge < -0.3 is 15.2 Å². The Labute approximate surface area is 141 Å². The summed E-state index contributed by atoms with van der Waals surface area (Å²) in [6.45, 7) is 0. The Balaban J connectivity index is 1.94. The number of pyridine rings is 1. The molecule has 2 aromatic carbocycles. The number of aromatic amines is 1. The SMILES string of the molecule is O=C(O)c1c(O)c(Cc2c[nH]c3ccccc23)nc2c(F)cccc12. The van der Waals surface area contributed by atoms with E-state index in [4.69, 9.17) is 0 Å². The van der Waals surface area contributed by atoms with E-state index in [1.54, 1.807) is 6.20 Å². The molecule has 124 valence electrons. The summed E-state index contributed by atoms with van der Waals surface area (Å²) in [6, 6.07) is 11.6. The number of benzene rings is 2. The van der Waals surface area contributed by atoms with Crippen LogP contribution in [0.5, 0.6) is 5.75 Å². The number of fused-ring (bicyclic) bond motifs is 2. The number of halogens is 1. The number of nitrogens with zero attached hydrogens (tertiary/aromatic N) is 1. The van der Waals surface area contributed by atoms with E-state index in [2.05, 4.69) is 9.97 Å². The van der Waals surface area contributed by atoms with Crippen molar-refractivity contribution in [3.63, 3.8) is 0 Å². The van der Waals surface area contributed by atoms with Crippen molar-refractivity contribution in [3.8, 4) is 5.75 Å². The fourth-order valence-electron chi connectivity index (χ4n) is 3.09. The van der Waals surface area contributed by atoms with Crippen LogP contribution in [0, 0.1) is 5.82 Å². The average molecular weight is 336 g/mol. The number of carboxylic acids is 1. The van der Waals surface area contributed by atoms with Gasteiger partial charge in [-0.25, -0.2) is 14.2 Å². The summed E-state index contributed by atoms with van der Waals surface area (Å²) >= 11 is 0. The van der Waals surface area contributed by atoms with E-state index in [1.165, 1.54) is 18.2 Å². The standard InChI is InChI=1S/C19H13FN2O3/c20-13-6-3-5-12-16(19(24)25)18(23)15(22-17(12)13)8-10-9-21-14-7-2-1-4-11(10)14/h1-7,9,21,23H,8H2,(H,24,25). The Bertz CT molecular complexity index is 1130. The minimum Gasteiger partial charge on any atom is -0.505 e. The molecule has 0 spiro atoms.